The Morgan fingerprint density at radius 1 is 1.36 bits per heavy atom. The van der Waals surface area contributed by atoms with E-state index in [-0.39, 0.29) is 36.1 Å². The van der Waals surface area contributed by atoms with Crippen molar-refractivity contribution in [3.8, 4) is 0 Å². The fraction of sp³-hybridized carbons (Fsp3) is 0.500. The fourth-order valence-corrected chi connectivity index (χ4v) is 2.98. The summed E-state index contributed by atoms with van der Waals surface area (Å²) in [5.41, 5.74) is 3.41. The van der Waals surface area contributed by atoms with Gasteiger partial charge in [0, 0.05) is 44.5 Å². The monoisotopic (exact) mass is 503 g/mol. The summed E-state index contributed by atoms with van der Waals surface area (Å²) in [6.45, 7) is 7.83. The number of aliphatic hydroxyl groups is 1. The van der Waals surface area contributed by atoms with Crippen molar-refractivity contribution in [3.05, 3.63) is 52.6 Å². The van der Waals surface area contributed by atoms with Crippen molar-refractivity contribution in [2.45, 2.75) is 46.4 Å². The molecular formula is C20H31FIN5O. The molecule has 0 aliphatic heterocycles. The van der Waals surface area contributed by atoms with Crippen LogP contribution in [0.4, 0.5) is 4.39 Å². The van der Waals surface area contributed by atoms with Crippen LogP contribution < -0.4 is 5.32 Å². The SMILES string of the molecule is CCNC(=NCc1ccc(F)c(CO)c1)N(C)Cc1cn(C)nc1C(C)C.I. The highest BCUT2D eigenvalue weighted by molar-refractivity contribution is 14.0. The number of nitrogens with zero attached hydrogens (tertiary/aromatic N) is 4. The zero-order valence-corrected chi connectivity index (χ0v) is 19.6. The zero-order chi connectivity index (χ0) is 20.0. The number of aromatic nitrogens is 2. The first-order valence-electron chi connectivity index (χ1n) is 9.25. The Hall–Kier alpha value is -1.68. The summed E-state index contributed by atoms with van der Waals surface area (Å²) in [6, 6.07) is 4.72. The quantitative estimate of drug-likeness (QED) is 0.346. The first-order chi connectivity index (χ1) is 12.8. The van der Waals surface area contributed by atoms with Crippen LogP contribution in [0.15, 0.2) is 29.4 Å². The van der Waals surface area contributed by atoms with E-state index in [0.717, 1.165) is 23.8 Å². The van der Waals surface area contributed by atoms with E-state index in [1.807, 2.05) is 31.9 Å². The van der Waals surface area contributed by atoms with Crippen molar-refractivity contribution in [1.82, 2.24) is 20.0 Å². The minimum atomic E-state index is -0.396. The van der Waals surface area contributed by atoms with Crippen LogP contribution in [0.25, 0.3) is 0 Å². The molecule has 0 amide bonds. The number of guanidine groups is 1. The van der Waals surface area contributed by atoms with Crippen molar-refractivity contribution in [3.63, 3.8) is 0 Å². The molecule has 8 heteroatoms. The molecule has 0 radical (unpaired) electrons. The van der Waals surface area contributed by atoms with Crippen molar-refractivity contribution in [2.75, 3.05) is 13.6 Å². The molecule has 2 N–H and O–H groups in total. The molecule has 6 nitrogen and oxygen atoms in total. The minimum absolute atomic E-state index is 0. The van der Waals surface area contributed by atoms with E-state index in [1.165, 1.54) is 11.6 Å². The summed E-state index contributed by atoms with van der Waals surface area (Å²) < 4.78 is 15.4. The Bertz CT molecular complexity index is 791. The smallest absolute Gasteiger partial charge is 0.194 e. The van der Waals surface area contributed by atoms with Gasteiger partial charge in [0.2, 0.25) is 0 Å². The summed E-state index contributed by atoms with van der Waals surface area (Å²) >= 11 is 0. The lowest BCUT2D eigenvalue weighted by atomic mass is 10.1. The number of benzene rings is 1. The molecule has 28 heavy (non-hydrogen) atoms. The lowest BCUT2D eigenvalue weighted by Gasteiger charge is -2.22. The molecule has 1 aromatic carbocycles. The van der Waals surface area contributed by atoms with Gasteiger partial charge in [0.25, 0.3) is 0 Å². The second-order valence-electron chi connectivity index (χ2n) is 6.98. The Balaban J connectivity index is 0.00000392. The standard InChI is InChI=1S/C20H30FN5O.HI/c1-6-22-20(23-10-15-7-8-18(21)16(9-15)13-27)25(4)11-17-12-26(5)24-19(17)14(2)3;/h7-9,12,14,27H,6,10-11,13H2,1-5H3,(H,22,23);1H. The molecule has 2 aromatic rings. The van der Waals surface area contributed by atoms with E-state index >= 15 is 0 Å². The van der Waals surface area contributed by atoms with Crippen LogP contribution >= 0.6 is 24.0 Å². The van der Waals surface area contributed by atoms with Gasteiger partial charge < -0.3 is 15.3 Å². The predicted molar refractivity (Wildman–Crippen MR) is 121 cm³/mol. The summed E-state index contributed by atoms with van der Waals surface area (Å²) in [4.78, 5) is 6.72. The number of aliphatic imine (C=N–C) groups is 1. The number of rotatable bonds is 7. The number of aryl methyl sites for hydroxylation is 1. The highest BCUT2D eigenvalue weighted by atomic mass is 127. The van der Waals surface area contributed by atoms with Gasteiger partial charge in [-0.2, -0.15) is 5.10 Å². The van der Waals surface area contributed by atoms with Gasteiger partial charge in [-0.05, 0) is 30.5 Å². The van der Waals surface area contributed by atoms with E-state index in [2.05, 4.69) is 34.2 Å². The average molecular weight is 503 g/mol. The van der Waals surface area contributed by atoms with Crippen molar-refractivity contribution in [1.29, 1.82) is 0 Å². The third-order valence-corrected chi connectivity index (χ3v) is 4.28. The molecule has 0 saturated heterocycles. The topological polar surface area (TPSA) is 65.7 Å². The molecule has 0 atom stereocenters. The van der Waals surface area contributed by atoms with Crippen molar-refractivity contribution < 1.29 is 9.50 Å². The van der Waals surface area contributed by atoms with Crippen LogP contribution in [0.5, 0.6) is 0 Å². The lowest BCUT2D eigenvalue weighted by molar-refractivity contribution is 0.275. The van der Waals surface area contributed by atoms with E-state index in [4.69, 9.17) is 0 Å². The molecule has 0 fully saturated rings. The van der Waals surface area contributed by atoms with Gasteiger partial charge in [0.15, 0.2) is 5.96 Å². The van der Waals surface area contributed by atoms with Gasteiger partial charge in [0.1, 0.15) is 5.82 Å². The maximum atomic E-state index is 13.5. The Labute approximate surface area is 183 Å². The molecule has 0 saturated carbocycles. The van der Waals surface area contributed by atoms with Crippen LogP contribution in [-0.2, 0) is 26.7 Å². The van der Waals surface area contributed by atoms with E-state index < -0.39 is 5.82 Å². The normalized spacial score (nSPS) is 11.5. The summed E-state index contributed by atoms with van der Waals surface area (Å²) in [5, 5.41) is 17.1. The highest BCUT2D eigenvalue weighted by Gasteiger charge is 2.15. The third kappa shape index (κ3) is 6.44. The minimum Gasteiger partial charge on any atom is -0.392 e. The molecule has 0 spiro atoms. The molecule has 0 unspecified atom stereocenters. The lowest BCUT2D eigenvalue weighted by Crippen LogP contribution is -2.38. The van der Waals surface area contributed by atoms with Crippen LogP contribution in [0.1, 0.15) is 49.1 Å². The maximum absolute atomic E-state index is 13.5. The Morgan fingerprint density at radius 2 is 2.07 bits per heavy atom. The zero-order valence-electron chi connectivity index (χ0n) is 17.2. The van der Waals surface area contributed by atoms with Gasteiger partial charge in [-0.3, -0.25) is 4.68 Å². The van der Waals surface area contributed by atoms with Gasteiger partial charge in [0.05, 0.1) is 18.8 Å². The van der Waals surface area contributed by atoms with E-state index in [1.54, 1.807) is 12.1 Å². The maximum Gasteiger partial charge on any atom is 0.194 e. The van der Waals surface area contributed by atoms with Crippen LogP contribution in [0.2, 0.25) is 0 Å². The first-order valence-corrected chi connectivity index (χ1v) is 9.25. The predicted octanol–water partition coefficient (Wildman–Crippen LogP) is 3.39. The molecule has 0 aliphatic carbocycles. The molecular weight excluding hydrogens is 472 g/mol. The molecule has 0 bridgehead atoms. The van der Waals surface area contributed by atoms with Crippen molar-refractivity contribution >= 4 is 29.9 Å². The highest BCUT2D eigenvalue weighted by Crippen LogP contribution is 2.19. The second-order valence-corrected chi connectivity index (χ2v) is 6.98. The fourth-order valence-electron chi connectivity index (χ4n) is 2.98. The van der Waals surface area contributed by atoms with Crippen LogP contribution in [0, 0.1) is 5.82 Å². The molecule has 0 aliphatic rings. The summed E-state index contributed by atoms with van der Waals surface area (Å²) in [7, 11) is 3.92. The Kier molecular flexibility index (Phi) is 9.88. The van der Waals surface area contributed by atoms with Crippen LogP contribution in [0.3, 0.4) is 0 Å². The number of hydrogen-bond acceptors (Lipinski definition) is 3. The third-order valence-electron chi connectivity index (χ3n) is 4.28. The van der Waals surface area contributed by atoms with Crippen LogP contribution in [-0.4, -0.2) is 39.3 Å². The molecule has 1 aromatic heterocycles. The largest absolute Gasteiger partial charge is 0.392 e. The van der Waals surface area contributed by atoms with E-state index in [9.17, 15) is 9.50 Å². The average Bonchev–Trinajstić information content (AvgIpc) is 3.00. The molecule has 156 valence electrons. The number of nitrogens with one attached hydrogen (secondary N) is 1. The molecule has 1 heterocycles. The number of hydrogen-bond donors (Lipinski definition) is 2. The van der Waals surface area contributed by atoms with E-state index in [0.29, 0.717) is 19.0 Å². The summed E-state index contributed by atoms with van der Waals surface area (Å²) in [5.74, 6) is 0.725. The number of aliphatic hydroxyl groups excluding tert-OH is 1. The molecule has 2 rings (SSSR count). The van der Waals surface area contributed by atoms with Crippen molar-refractivity contribution in [2.24, 2.45) is 12.0 Å². The number of halogens is 2. The van der Waals surface area contributed by atoms with Gasteiger partial charge >= 0.3 is 0 Å². The second kappa shape index (κ2) is 11.4. The van der Waals surface area contributed by atoms with Gasteiger partial charge in [-0.1, -0.05) is 19.9 Å². The Morgan fingerprint density at radius 3 is 2.68 bits per heavy atom. The van der Waals surface area contributed by atoms with Gasteiger partial charge in [-0.25, -0.2) is 9.38 Å². The van der Waals surface area contributed by atoms with Gasteiger partial charge in [-0.15, -0.1) is 24.0 Å². The first kappa shape index (κ1) is 24.4. The summed E-state index contributed by atoms with van der Waals surface area (Å²) in [6.07, 6.45) is 2.04.